The van der Waals surface area contributed by atoms with Crippen LogP contribution in [0.3, 0.4) is 0 Å². The number of aryl methyl sites for hydroxylation is 4. The van der Waals surface area contributed by atoms with Crippen LogP contribution in [0.1, 0.15) is 36.4 Å². The van der Waals surface area contributed by atoms with E-state index in [1.807, 2.05) is 32.0 Å². The molecule has 5 rings (SSSR count). The largest absolute Gasteiger partial charge is 0.450 e. The molecule has 9 nitrogen and oxygen atoms in total. The van der Waals surface area contributed by atoms with Gasteiger partial charge in [0.2, 0.25) is 11.8 Å². The molecule has 0 amide bonds. The first-order chi connectivity index (χ1) is 17.0. The topological polar surface area (TPSA) is 116 Å². The van der Waals surface area contributed by atoms with E-state index in [9.17, 15) is 9.90 Å². The van der Waals surface area contributed by atoms with Crippen LogP contribution in [0.25, 0.3) is 33.7 Å². The van der Waals surface area contributed by atoms with Crippen molar-refractivity contribution in [3.63, 3.8) is 0 Å². The lowest BCUT2D eigenvalue weighted by Gasteiger charge is -2.20. The van der Waals surface area contributed by atoms with E-state index in [0.717, 1.165) is 11.1 Å². The van der Waals surface area contributed by atoms with Crippen LogP contribution in [-0.4, -0.2) is 24.9 Å². The van der Waals surface area contributed by atoms with Gasteiger partial charge in [-0.3, -0.25) is 4.79 Å². The third-order valence-electron chi connectivity index (χ3n) is 6.04. The lowest BCUT2D eigenvalue weighted by atomic mass is 9.96. The second-order valence-electron chi connectivity index (χ2n) is 9.40. The molecular formula is C27H26N4O5. The third kappa shape index (κ3) is 4.07. The summed E-state index contributed by atoms with van der Waals surface area (Å²) in [6.45, 7) is 8.96. The highest BCUT2D eigenvalue weighted by molar-refractivity contribution is 5.95. The van der Waals surface area contributed by atoms with Crippen molar-refractivity contribution in [1.82, 2.24) is 19.7 Å². The van der Waals surface area contributed by atoms with Crippen LogP contribution in [0.5, 0.6) is 11.6 Å². The highest BCUT2D eigenvalue weighted by Gasteiger charge is 2.25. The first kappa shape index (κ1) is 23.5. The first-order valence-electron chi connectivity index (χ1n) is 11.4. The van der Waals surface area contributed by atoms with Gasteiger partial charge in [0.05, 0.1) is 16.6 Å². The summed E-state index contributed by atoms with van der Waals surface area (Å²) in [6, 6.07) is 9.27. The second-order valence-corrected chi connectivity index (χ2v) is 9.40. The number of rotatable bonds is 5. The number of fused-ring (bicyclic) bond motifs is 1. The molecule has 0 fully saturated rings. The lowest BCUT2D eigenvalue weighted by molar-refractivity contribution is 0.0782. The fourth-order valence-corrected chi connectivity index (χ4v) is 4.06. The summed E-state index contributed by atoms with van der Waals surface area (Å²) in [4.78, 5) is 17.6. The van der Waals surface area contributed by atoms with E-state index < -0.39 is 5.60 Å². The van der Waals surface area contributed by atoms with Crippen molar-refractivity contribution in [2.24, 2.45) is 7.05 Å². The number of pyridine rings is 2. The van der Waals surface area contributed by atoms with Crippen molar-refractivity contribution >= 4 is 11.0 Å². The molecule has 1 N–H and O–H groups in total. The number of aliphatic hydroxyl groups is 1. The molecule has 0 aliphatic rings. The SMILES string of the molecule is Cc1nnc(-c2cc3c(=O)n(C)cc(-c4cc(C(C)(C)O)cnc4Oc4c(C)cccc4C)c3o2)o1. The van der Waals surface area contributed by atoms with Crippen molar-refractivity contribution in [1.29, 1.82) is 0 Å². The minimum Gasteiger partial charge on any atom is -0.450 e. The normalized spacial score (nSPS) is 11.9. The Morgan fingerprint density at radius 3 is 2.39 bits per heavy atom. The van der Waals surface area contributed by atoms with Crippen LogP contribution in [0, 0.1) is 20.8 Å². The monoisotopic (exact) mass is 486 g/mol. The van der Waals surface area contributed by atoms with E-state index in [1.165, 1.54) is 4.57 Å². The molecule has 0 spiro atoms. The molecule has 0 atom stereocenters. The summed E-state index contributed by atoms with van der Waals surface area (Å²) >= 11 is 0. The van der Waals surface area contributed by atoms with Crippen LogP contribution in [0.15, 0.2) is 56.4 Å². The van der Waals surface area contributed by atoms with Gasteiger partial charge in [0, 0.05) is 43.6 Å². The predicted molar refractivity (Wildman–Crippen MR) is 134 cm³/mol. The number of benzene rings is 1. The predicted octanol–water partition coefficient (Wildman–Crippen LogP) is 5.19. The highest BCUT2D eigenvalue weighted by Crippen LogP contribution is 2.40. The molecule has 0 radical (unpaired) electrons. The molecule has 0 saturated heterocycles. The van der Waals surface area contributed by atoms with E-state index in [-0.39, 0.29) is 17.2 Å². The molecule has 0 aliphatic carbocycles. The highest BCUT2D eigenvalue weighted by atomic mass is 16.5. The summed E-state index contributed by atoms with van der Waals surface area (Å²) in [7, 11) is 1.66. The zero-order valence-corrected chi connectivity index (χ0v) is 20.9. The number of aromatic nitrogens is 4. The van der Waals surface area contributed by atoms with Gasteiger partial charge < -0.3 is 23.2 Å². The molecule has 4 heterocycles. The minimum atomic E-state index is -1.16. The van der Waals surface area contributed by atoms with Gasteiger partial charge in [-0.05, 0) is 44.9 Å². The summed E-state index contributed by atoms with van der Waals surface area (Å²) in [6.07, 6.45) is 3.25. The van der Waals surface area contributed by atoms with Gasteiger partial charge in [-0.25, -0.2) is 4.98 Å². The Morgan fingerprint density at radius 2 is 1.75 bits per heavy atom. The maximum atomic E-state index is 13.0. The van der Waals surface area contributed by atoms with Crippen LogP contribution in [-0.2, 0) is 12.6 Å². The van der Waals surface area contributed by atoms with Crippen molar-refractivity contribution in [3.05, 3.63) is 75.7 Å². The van der Waals surface area contributed by atoms with E-state index >= 15 is 0 Å². The molecular weight excluding hydrogens is 460 g/mol. The Hall–Kier alpha value is -4.24. The summed E-state index contributed by atoms with van der Waals surface area (Å²) in [5.41, 5.74) is 2.52. The number of hydrogen-bond acceptors (Lipinski definition) is 8. The number of nitrogens with zero attached hydrogens (tertiary/aromatic N) is 4. The van der Waals surface area contributed by atoms with E-state index in [4.69, 9.17) is 13.6 Å². The second kappa shape index (κ2) is 8.46. The fraction of sp³-hybridized carbons (Fsp3) is 0.259. The van der Waals surface area contributed by atoms with E-state index in [0.29, 0.717) is 45.2 Å². The number of para-hydroxylation sites is 1. The fourth-order valence-electron chi connectivity index (χ4n) is 4.06. The zero-order chi connectivity index (χ0) is 25.8. The minimum absolute atomic E-state index is 0.173. The maximum Gasteiger partial charge on any atom is 0.283 e. The smallest absolute Gasteiger partial charge is 0.283 e. The van der Waals surface area contributed by atoms with Crippen LogP contribution >= 0.6 is 0 Å². The summed E-state index contributed by atoms with van der Waals surface area (Å²) in [5.74, 6) is 1.83. The Bertz CT molecular complexity index is 1650. The van der Waals surface area contributed by atoms with Crippen molar-refractivity contribution in [2.75, 3.05) is 0 Å². The van der Waals surface area contributed by atoms with Gasteiger partial charge >= 0.3 is 0 Å². The Kier molecular flexibility index (Phi) is 5.52. The molecule has 36 heavy (non-hydrogen) atoms. The van der Waals surface area contributed by atoms with Gasteiger partial charge in [0.15, 0.2) is 5.76 Å². The Balaban J connectivity index is 1.78. The van der Waals surface area contributed by atoms with Gasteiger partial charge in [-0.15, -0.1) is 10.2 Å². The molecule has 4 aromatic heterocycles. The van der Waals surface area contributed by atoms with Gasteiger partial charge in [-0.2, -0.15) is 0 Å². The van der Waals surface area contributed by atoms with Crippen LogP contribution in [0.4, 0.5) is 0 Å². The first-order valence-corrected chi connectivity index (χ1v) is 11.4. The quantitative estimate of drug-likeness (QED) is 0.361. The summed E-state index contributed by atoms with van der Waals surface area (Å²) < 4.78 is 19.4. The van der Waals surface area contributed by atoms with E-state index in [1.54, 1.807) is 52.3 Å². The van der Waals surface area contributed by atoms with Gasteiger partial charge in [0.1, 0.15) is 11.3 Å². The Morgan fingerprint density at radius 1 is 1.03 bits per heavy atom. The average molecular weight is 487 g/mol. The molecule has 5 aromatic rings. The molecule has 0 unspecified atom stereocenters. The summed E-state index contributed by atoms with van der Waals surface area (Å²) in [5, 5.41) is 18.9. The van der Waals surface area contributed by atoms with E-state index in [2.05, 4.69) is 15.2 Å². The Labute approximate surface area is 207 Å². The molecule has 9 heteroatoms. The third-order valence-corrected chi connectivity index (χ3v) is 6.04. The van der Waals surface area contributed by atoms with Gasteiger partial charge in [-0.1, -0.05) is 18.2 Å². The number of hydrogen-bond donors (Lipinski definition) is 1. The average Bonchev–Trinajstić information content (AvgIpc) is 3.45. The number of ether oxygens (including phenoxy) is 1. The molecule has 0 aliphatic heterocycles. The maximum absolute atomic E-state index is 13.0. The zero-order valence-electron chi connectivity index (χ0n) is 20.9. The lowest BCUT2D eigenvalue weighted by Crippen LogP contribution is -2.17. The van der Waals surface area contributed by atoms with Crippen LogP contribution < -0.4 is 10.3 Å². The molecule has 0 bridgehead atoms. The van der Waals surface area contributed by atoms with Crippen molar-refractivity contribution in [2.45, 2.75) is 40.2 Å². The van der Waals surface area contributed by atoms with Crippen molar-refractivity contribution in [3.8, 4) is 34.4 Å². The molecule has 1 aromatic carbocycles. The van der Waals surface area contributed by atoms with Gasteiger partial charge in [0.25, 0.3) is 11.4 Å². The molecule has 0 saturated carbocycles. The molecule has 184 valence electrons. The van der Waals surface area contributed by atoms with Crippen LogP contribution in [0.2, 0.25) is 0 Å². The standard InChI is InChI=1S/C27H26N4O5/c1-14-8-7-9-15(2)22(14)36-24-18(10-17(12-28-24)27(4,5)33)20-13-31(6)26(32)19-11-21(35-23(19)20)25-30-29-16(3)34-25/h7-13,33H,1-6H3. The number of furan rings is 1. The van der Waals surface area contributed by atoms with Crippen molar-refractivity contribution < 1.29 is 18.7 Å².